The molecule has 0 aromatic heterocycles. The summed E-state index contributed by atoms with van der Waals surface area (Å²) < 4.78 is 5.17. The topological polar surface area (TPSA) is 75.7 Å². The van der Waals surface area contributed by atoms with Crippen LogP contribution in [0.1, 0.15) is 25.3 Å². The Balaban J connectivity index is 1.51. The number of ether oxygens (including phenoxy) is 1. The van der Waals surface area contributed by atoms with Crippen LogP contribution in [0.5, 0.6) is 0 Å². The Hall–Kier alpha value is -2.80. The van der Waals surface area contributed by atoms with Gasteiger partial charge in [-0.25, -0.2) is 0 Å². The summed E-state index contributed by atoms with van der Waals surface area (Å²) >= 11 is 1.74. The van der Waals surface area contributed by atoms with E-state index in [0.29, 0.717) is 19.6 Å². The fraction of sp³-hybridized carbons (Fsp3) is 0.375. The first-order chi connectivity index (χ1) is 15.1. The number of carbonyl (C=O) groups excluding carboxylic acids is 3. The summed E-state index contributed by atoms with van der Waals surface area (Å²) in [7, 11) is 0. The molecule has 1 heterocycles. The first-order valence-corrected chi connectivity index (χ1v) is 11.6. The van der Waals surface area contributed by atoms with E-state index in [1.165, 1.54) is 0 Å². The summed E-state index contributed by atoms with van der Waals surface area (Å²) in [6, 6.07) is 17.5. The lowest BCUT2D eigenvalue weighted by Crippen LogP contribution is -2.37. The molecule has 6 nitrogen and oxygen atoms in total. The van der Waals surface area contributed by atoms with E-state index >= 15 is 0 Å². The van der Waals surface area contributed by atoms with Gasteiger partial charge < -0.3 is 15.0 Å². The number of para-hydroxylation sites is 1. The molecule has 1 N–H and O–H groups in total. The highest BCUT2D eigenvalue weighted by Gasteiger charge is 2.24. The molecule has 0 saturated carbocycles. The molecule has 0 fully saturated rings. The molecule has 0 saturated heterocycles. The molecule has 164 valence electrons. The second-order valence-corrected chi connectivity index (χ2v) is 8.44. The van der Waals surface area contributed by atoms with Gasteiger partial charge in [0.1, 0.15) is 0 Å². The molecule has 0 radical (unpaired) electrons. The zero-order valence-corrected chi connectivity index (χ0v) is 18.5. The molecule has 1 aliphatic rings. The number of thioether (sulfide) groups is 1. The summed E-state index contributed by atoms with van der Waals surface area (Å²) in [5, 5.41) is 2.81. The van der Waals surface area contributed by atoms with Gasteiger partial charge >= 0.3 is 5.97 Å². The van der Waals surface area contributed by atoms with Crippen molar-refractivity contribution < 1.29 is 19.1 Å². The van der Waals surface area contributed by atoms with Crippen LogP contribution < -0.4 is 10.2 Å². The highest BCUT2D eigenvalue weighted by atomic mass is 32.2. The molecule has 0 spiro atoms. The molecule has 1 aliphatic heterocycles. The van der Waals surface area contributed by atoms with Crippen molar-refractivity contribution in [2.45, 2.75) is 31.1 Å². The van der Waals surface area contributed by atoms with Gasteiger partial charge in [-0.15, -0.1) is 11.8 Å². The minimum Gasteiger partial charge on any atom is -0.466 e. The highest BCUT2D eigenvalue weighted by Crippen LogP contribution is 2.34. The number of fused-ring (bicyclic) bond motifs is 1. The van der Waals surface area contributed by atoms with E-state index in [0.717, 1.165) is 21.9 Å². The average Bonchev–Trinajstić information content (AvgIpc) is 2.80. The van der Waals surface area contributed by atoms with Gasteiger partial charge in [0.2, 0.25) is 11.8 Å². The predicted octanol–water partition coefficient (Wildman–Crippen LogP) is 3.44. The molecule has 0 bridgehead atoms. The SMILES string of the molecule is CCOC(=O)C(CNC(=O)CCC(=O)N1CCSc2ccccc21)Cc1ccccc1. The van der Waals surface area contributed by atoms with Crippen LogP contribution in [0.3, 0.4) is 0 Å². The van der Waals surface area contributed by atoms with Crippen molar-refractivity contribution in [1.82, 2.24) is 5.32 Å². The standard InChI is InChI=1S/C24H28N2O4S/c1-2-30-24(29)19(16-18-8-4-3-5-9-18)17-25-22(27)12-13-23(28)26-14-15-31-21-11-7-6-10-20(21)26/h3-11,19H,2,12-17H2,1H3,(H,25,27). The fourth-order valence-corrected chi connectivity index (χ4v) is 4.50. The third-order valence-electron chi connectivity index (χ3n) is 5.09. The van der Waals surface area contributed by atoms with Gasteiger partial charge in [-0.3, -0.25) is 14.4 Å². The Labute approximate surface area is 187 Å². The van der Waals surface area contributed by atoms with Crippen molar-refractivity contribution in [1.29, 1.82) is 0 Å². The Morgan fingerprint density at radius 1 is 1.06 bits per heavy atom. The van der Waals surface area contributed by atoms with E-state index in [4.69, 9.17) is 4.74 Å². The van der Waals surface area contributed by atoms with Gasteiger partial charge in [0, 0.05) is 36.6 Å². The monoisotopic (exact) mass is 440 g/mol. The third-order valence-corrected chi connectivity index (χ3v) is 6.13. The lowest BCUT2D eigenvalue weighted by atomic mass is 9.99. The number of rotatable bonds is 9. The maximum atomic E-state index is 12.7. The van der Waals surface area contributed by atoms with E-state index in [1.54, 1.807) is 23.6 Å². The van der Waals surface area contributed by atoms with Crippen LogP contribution in [0.25, 0.3) is 0 Å². The maximum absolute atomic E-state index is 12.7. The minimum absolute atomic E-state index is 0.0610. The number of hydrogen-bond donors (Lipinski definition) is 1. The first-order valence-electron chi connectivity index (χ1n) is 10.6. The summed E-state index contributed by atoms with van der Waals surface area (Å²) in [6.07, 6.45) is 0.709. The van der Waals surface area contributed by atoms with Crippen LogP contribution in [0.2, 0.25) is 0 Å². The van der Waals surface area contributed by atoms with E-state index in [1.807, 2.05) is 54.6 Å². The second-order valence-electron chi connectivity index (χ2n) is 7.30. The molecule has 0 aliphatic carbocycles. The van der Waals surface area contributed by atoms with Crippen molar-refractivity contribution in [2.24, 2.45) is 5.92 Å². The summed E-state index contributed by atoms with van der Waals surface area (Å²) in [5.41, 5.74) is 1.92. The highest BCUT2D eigenvalue weighted by molar-refractivity contribution is 7.99. The van der Waals surface area contributed by atoms with Crippen LogP contribution >= 0.6 is 11.8 Å². The molecule has 2 aromatic rings. The number of nitrogens with one attached hydrogen (secondary N) is 1. The minimum atomic E-state index is -0.465. The maximum Gasteiger partial charge on any atom is 0.311 e. The zero-order chi connectivity index (χ0) is 22.1. The van der Waals surface area contributed by atoms with Crippen molar-refractivity contribution in [3.05, 3.63) is 60.2 Å². The number of nitrogens with zero attached hydrogens (tertiary/aromatic N) is 1. The first kappa shape index (κ1) is 22.9. The van der Waals surface area contributed by atoms with E-state index in [2.05, 4.69) is 5.32 Å². The molecule has 2 amide bonds. The molecule has 3 rings (SSSR count). The largest absolute Gasteiger partial charge is 0.466 e. The molecule has 1 unspecified atom stereocenters. The summed E-state index contributed by atoms with van der Waals surface area (Å²) in [4.78, 5) is 40.2. The lowest BCUT2D eigenvalue weighted by Gasteiger charge is -2.29. The van der Waals surface area contributed by atoms with Crippen LogP contribution in [0, 0.1) is 5.92 Å². The van der Waals surface area contributed by atoms with Gasteiger partial charge in [-0.05, 0) is 31.0 Å². The number of hydrogen-bond acceptors (Lipinski definition) is 5. The van der Waals surface area contributed by atoms with Crippen molar-refractivity contribution in [2.75, 3.05) is 30.3 Å². The van der Waals surface area contributed by atoms with Crippen LogP contribution in [-0.2, 0) is 25.5 Å². The van der Waals surface area contributed by atoms with Crippen molar-refractivity contribution in [3.63, 3.8) is 0 Å². The fourth-order valence-electron chi connectivity index (χ4n) is 3.51. The van der Waals surface area contributed by atoms with Gasteiger partial charge in [-0.2, -0.15) is 0 Å². The lowest BCUT2D eigenvalue weighted by molar-refractivity contribution is -0.148. The quantitative estimate of drug-likeness (QED) is 0.605. The van der Waals surface area contributed by atoms with Crippen molar-refractivity contribution in [3.8, 4) is 0 Å². The molecular formula is C24H28N2O4S. The molecule has 1 atom stereocenters. The van der Waals surface area contributed by atoms with E-state index < -0.39 is 5.92 Å². The summed E-state index contributed by atoms with van der Waals surface area (Å²) in [5.74, 6) is -0.252. The molecular weight excluding hydrogens is 412 g/mol. The number of anilines is 1. The van der Waals surface area contributed by atoms with Crippen LogP contribution in [-0.4, -0.2) is 43.2 Å². The zero-order valence-electron chi connectivity index (χ0n) is 17.7. The van der Waals surface area contributed by atoms with Crippen LogP contribution in [0.4, 0.5) is 5.69 Å². The Bertz CT molecular complexity index is 903. The normalized spacial score (nSPS) is 13.8. The van der Waals surface area contributed by atoms with Gasteiger partial charge in [0.25, 0.3) is 0 Å². The van der Waals surface area contributed by atoms with Crippen LogP contribution in [0.15, 0.2) is 59.5 Å². The smallest absolute Gasteiger partial charge is 0.311 e. The van der Waals surface area contributed by atoms with E-state index in [-0.39, 0.29) is 37.2 Å². The van der Waals surface area contributed by atoms with Gasteiger partial charge in [-0.1, -0.05) is 42.5 Å². The molecule has 2 aromatic carbocycles. The average molecular weight is 441 g/mol. The number of benzene rings is 2. The second kappa shape index (κ2) is 11.6. The number of esters is 1. The summed E-state index contributed by atoms with van der Waals surface area (Å²) in [6.45, 7) is 2.88. The predicted molar refractivity (Wildman–Crippen MR) is 122 cm³/mol. The Morgan fingerprint density at radius 3 is 2.58 bits per heavy atom. The van der Waals surface area contributed by atoms with Crippen molar-refractivity contribution >= 4 is 35.2 Å². The number of amides is 2. The molecule has 31 heavy (non-hydrogen) atoms. The van der Waals surface area contributed by atoms with E-state index in [9.17, 15) is 14.4 Å². The number of carbonyl (C=O) groups is 3. The Kier molecular flexibility index (Phi) is 8.53. The van der Waals surface area contributed by atoms with Gasteiger partial charge in [0.15, 0.2) is 0 Å². The third kappa shape index (κ3) is 6.59. The molecule has 7 heteroatoms. The Morgan fingerprint density at radius 2 is 1.81 bits per heavy atom. The van der Waals surface area contributed by atoms with Gasteiger partial charge in [0.05, 0.1) is 18.2 Å².